The van der Waals surface area contributed by atoms with Gasteiger partial charge in [0.1, 0.15) is 5.66 Å². The SMILES string of the molecule is CNC1(C)CCC(C)=NC(Cl)=N1. The molecular formula is C8H14ClN3. The molecule has 0 amide bonds. The molecule has 0 aromatic rings. The third-order valence-corrected chi connectivity index (χ3v) is 2.30. The Labute approximate surface area is 77.9 Å². The van der Waals surface area contributed by atoms with Crippen LogP contribution in [0.4, 0.5) is 0 Å². The Bertz CT molecular complexity index is 234. The van der Waals surface area contributed by atoms with Gasteiger partial charge in [-0.15, -0.1) is 0 Å². The molecule has 0 spiro atoms. The second kappa shape index (κ2) is 3.54. The van der Waals surface area contributed by atoms with Gasteiger partial charge in [-0.25, -0.2) is 9.98 Å². The van der Waals surface area contributed by atoms with Gasteiger partial charge in [-0.1, -0.05) is 0 Å². The summed E-state index contributed by atoms with van der Waals surface area (Å²) in [6.07, 6.45) is 1.88. The maximum absolute atomic E-state index is 5.80. The van der Waals surface area contributed by atoms with E-state index in [1.54, 1.807) is 0 Å². The number of rotatable bonds is 1. The zero-order chi connectivity index (χ0) is 9.19. The van der Waals surface area contributed by atoms with Crippen LogP contribution in [0.2, 0.25) is 0 Å². The summed E-state index contributed by atoms with van der Waals surface area (Å²) >= 11 is 5.80. The standard InChI is InChI=1S/C8H14ClN3/c1-6-4-5-8(2,10-3)12-7(9)11-6/h10H,4-5H2,1-3H3. The van der Waals surface area contributed by atoms with Crippen molar-refractivity contribution in [2.45, 2.75) is 32.4 Å². The molecule has 1 aliphatic rings. The lowest BCUT2D eigenvalue weighted by Crippen LogP contribution is -2.37. The topological polar surface area (TPSA) is 36.8 Å². The Kier molecular flexibility index (Phi) is 2.85. The third-order valence-electron chi connectivity index (χ3n) is 2.13. The number of amidine groups is 1. The van der Waals surface area contributed by atoms with Gasteiger partial charge in [-0.05, 0) is 45.3 Å². The highest BCUT2D eigenvalue weighted by Gasteiger charge is 2.23. The van der Waals surface area contributed by atoms with E-state index < -0.39 is 0 Å². The van der Waals surface area contributed by atoms with Crippen LogP contribution < -0.4 is 5.32 Å². The van der Waals surface area contributed by atoms with E-state index in [2.05, 4.69) is 15.3 Å². The van der Waals surface area contributed by atoms with E-state index in [1.165, 1.54) is 0 Å². The quantitative estimate of drug-likeness (QED) is 0.625. The van der Waals surface area contributed by atoms with Crippen molar-refractivity contribution in [3.05, 3.63) is 0 Å². The maximum Gasteiger partial charge on any atom is 0.219 e. The second-order valence-electron chi connectivity index (χ2n) is 3.25. The summed E-state index contributed by atoms with van der Waals surface area (Å²) in [7, 11) is 1.88. The molecule has 0 aromatic carbocycles. The summed E-state index contributed by atoms with van der Waals surface area (Å²) in [5.41, 5.74) is 0.793. The summed E-state index contributed by atoms with van der Waals surface area (Å²) in [5, 5.41) is 3.47. The molecule has 68 valence electrons. The van der Waals surface area contributed by atoms with Crippen molar-refractivity contribution in [2.24, 2.45) is 9.98 Å². The van der Waals surface area contributed by atoms with Crippen LogP contribution in [0.25, 0.3) is 0 Å². The highest BCUT2D eigenvalue weighted by molar-refractivity contribution is 6.65. The van der Waals surface area contributed by atoms with E-state index in [-0.39, 0.29) is 5.66 Å². The molecule has 1 atom stereocenters. The average molecular weight is 188 g/mol. The van der Waals surface area contributed by atoms with Crippen molar-refractivity contribution < 1.29 is 0 Å². The zero-order valence-corrected chi connectivity index (χ0v) is 8.44. The van der Waals surface area contributed by atoms with Crippen molar-refractivity contribution >= 4 is 22.6 Å². The largest absolute Gasteiger partial charge is 0.296 e. The Morgan fingerprint density at radius 3 is 2.83 bits per heavy atom. The summed E-state index contributed by atoms with van der Waals surface area (Å²) in [6, 6.07) is 0. The fourth-order valence-electron chi connectivity index (χ4n) is 1.10. The van der Waals surface area contributed by atoms with Gasteiger partial charge in [0.25, 0.3) is 0 Å². The first-order chi connectivity index (χ1) is 5.56. The van der Waals surface area contributed by atoms with Crippen LogP contribution in [0, 0.1) is 0 Å². The van der Waals surface area contributed by atoms with E-state index >= 15 is 0 Å². The first kappa shape index (κ1) is 9.68. The van der Waals surface area contributed by atoms with Crippen molar-refractivity contribution in [2.75, 3.05) is 7.05 Å². The number of nitrogens with zero attached hydrogens (tertiary/aromatic N) is 2. The van der Waals surface area contributed by atoms with Crippen LogP contribution in [0.1, 0.15) is 26.7 Å². The van der Waals surface area contributed by atoms with Crippen molar-refractivity contribution in [3.63, 3.8) is 0 Å². The molecule has 4 heteroatoms. The molecule has 0 saturated heterocycles. The fourth-order valence-corrected chi connectivity index (χ4v) is 1.43. The highest BCUT2D eigenvalue weighted by Crippen LogP contribution is 2.18. The number of hydrogen-bond donors (Lipinski definition) is 1. The van der Waals surface area contributed by atoms with Crippen LogP contribution in [-0.2, 0) is 0 Å². The zero-order valence-electron chi connectivity index (χ0n) is 7.69. The Hall–Kier alpha value is -0.410. The minimum absolute atomic E-state index is 0.252. The van der Waals surface area contributed by atoms with Crippen LogP contribution in [0.5, 0.6) is 0 Å². The lowest BCUT2D eigenvalue weighted by atomic mass is 10.1. The minimum atomic E-state index is -0.252. The normalized spacial score (nSPS) is 30.7. The van der Waals surface area contributed by atoms with E-state index in [0.717, 1.165) is 18.6 Å². The van der Waals surface area contributed by atoms with Gasteiger partial charge in [0.05, 0.1) is 0 Å². The molecule has 0 radical (unpaired) electrons. The molecule has 1 aliphatic heterocycles. The highest BCUT2D eigenvalue weighted by atomic mass is 35.5. The van der Waals surface area contributed by atoms with Gasteiger partial charge in [0.15, 0.2) is 0 Å². The van der Waals surface area contributed by atoms with Gasteiger partial charge >= 0.3 is 0 Å². The predicted octanol–water partition coefficient (Wildman–Crippen LogP) is 1.77. The smallest absolute Gasteiger partial charge is 0.219 e. The van der Waals surface area contributed by atoms with Crippen molar-refractivity contribution in [1.29, 1.82) is 0 Å². The Morgan fingerprint density at radius 1 is 1.58 bits per heavy atom. The van der Waals surface area contributed by atoms with Crippen molar-refractivity contribution in [3.8, 4) is 0 Å². The number of halogens is 1. The average Bonchev–Trinajstić information content (AvgIpc) is 2.11. The number of hydrogen-bond acceptors (Lipinski definition) is 3. The predicted molar refractivity (Wildman–Crippen MR) is 53.1 cm³/mol. The second-order valence-corrected chi connectivity index (χ2v) is 3.59. The molecule has 0 saturated carbocycles. The van der Waals surface area contributed by atoms with Gasteiger partial charge < -0.3 is 0 Å². The van der Waals surface area contributed by atoms with E-state index in [0.29, 0.717) is 5.29 Å². The lowest BCUT2D eigenvalue weighted by molar-refractivity contribution is 0.383. The summed E-state index contributed by atoms with van der Waals surface area (Å²) in [6.45, 7) is 3.99. The molecule has 1 heterocycles. The van der Waals surface area contributed by atoms with Crippen LogP contribution >= 0.6 is 11.6 Å². The minimum Gasteiger partial charge on any atom is -0.296 e. The summed E-state index contributed by atoms with van der Waals surface area (Å²) in [5.74, 6) is 0. The lowest BCUT2D eigenvalue weighted by Gasteiger charge is -2.22. The van der Waals surface area contributed by atoms with Gasteiger partial charge in [-0.3, -0.25) is 5.32 Å². The molecule has 12 heavy (non-hydrogen) atoms. The maximum atomic E-state index is 5.80. The summed E-state index contributed by atoms with van der Waals surface area (Å²) < 4.78 is 0. The molecule has 0 aliphatic carbocycles. The molecular weight excluding hydrogens is 174 g/mol. The first-order valence-corrected chi connectivity index (χ1v) is 4.42. The molecule has 0 bridgehead atoms. The molecule has 3 nitrogen and oxygen atoms in total. The molecule has 0 fully saturated rings. The molecule has 0 aromatic heterocycles. The Balaban J connectivity index is 2.85. The molecule has 1 rings (SSSR count). The van der Waals surface area contributed by atoms with E-state index in [4.69, 9.17) is 11.6 Å². The number of aliphatic imine (C=N–C) groups is 2. The molecule has 1 N–H and O–H groups in total. The third kappa shape index (κ3) is 2.29. The van der Waals surface area contributed by atoms with Crippen LogP contribution in [0.15, 0.2) is 9.98 Å². The van der Waals surface area contributed by atoms with E-state index in [1.807, 2.05) is 20.9 Å². The van der Waals surface area contributed by atoms with Crippen LogP contribution in [-0.4, -0.2) is 23.7 Å². The first-order valence-electron chi connectivity index (χ1n) is 4.04. The molecule has 1 unspecified atom stereocenters. The Morgan fingerprint density at radius 2 is 2.25 bits per heavy atom. The van der Waals surface area contributed by atoms with E-state index in [9.17, 15) is 0 Å². The van der Waals surface area contributed by atoms with Gasteiger partial charge in [0, 0.05) is 5.71 Å². The van der Waals surface area contributed by atoms with Crippen molar-refractivity contribution in [1.82, 2.24) is 5.32 Å². The summed E-state index contributed by atoms with van der Waals surface area (Å²) in [4.78, 5) is 8.37. The van der Waals surface area contributed by atoms with Gasteiger partial charge in [-0.2, -0.15) is 0 Å². The van der Waals surface area contributed by atoms with Gasteiger partial charge in [0.2, 0.25) is 5.29 Å². The fraction of sp³-hybridized carbons (Fsp3) is 0.750. The van der Waals surface area contributed by atoms with Crippen LogP contribution in [0.3, 0.4) is 0 Å². The number of nitrogens with one attached hydrogen (secondary N) is 1. The monoisotopic (exact) mass is 187 g/mol.